The van der Waals surface area contributed by atoms with Crippen molar-refractivity contribution in [3.05, 3.63) is 53.5 Å². The summed E-state index contributed by atoms with van der Waals surface area (Å²) in [5, 5.41) is 11.7. The second-order valence-corrected chi connectivity index (χ2v) is 4.84. The number of hydrogen-bond acceptors (Lipinski definition) is 4. The molecule has 0 amide bonds. The number of hydrogen-bond donors (Lipinski definition) is 1. The van der Waals surface area contributed by atoms with Crippen LogP contribution in [0.5, 0.6) is 5.88 Å². The summed E-state index contributed by atoms with van der Waals surface area (Å²) in [6, 6.07) is 10.3. The van der Waals surface area contributed by atoms with E-state index in [9.17, 15) is 4.39 Å². The predicted octanol–water partition coefficient (Wildman–Crippen LogP) is 2.91. The summed E-state index contributed by atoms with van der Waals surface area (Å²) in [5.41, 5.74) is 1.91. The molecule has 2 rings (SSSR count). The van der Waals surface area contributed by atoms with E-state index < -0.39 is 0 Å². The first-order chi connectivity index (χ1) is 10.2. The minimum absolute atomic E-state index is 0.0498. The van der Waals surface area contributed by atoms with Crippen molar-refractivity contribution >= 4 is 0 Å². The number of nitrogens with one attached hydrogen (secondary N) is 1. The van der Waals surface area contributed by atoms with Gasteiger partial charge in [0.1, 0.15) is 5.82 Å². The van der Waals surface area contributed by atoms with Crippen molar-refractivity contribution in [1.82, 2.24) is 15.5 Å². The minimum atomic E-state index is -0.221. The average Bonchev–Trinajstić information content (AvgIpc) is 2.53. The Kier molecular flexibility index (Phi) is 5.63. The van der Waals surface area contributed by atoms with Crippen molar-refractivity contribution in [2.45, 2.75) is 25.8 Å². The molecule has 0 saturated heterocycles. The first kappa shape index (κ1) is 15.4. The SMILES string of the molecule is CCCNC(Cc1ccc(F)cc1)c1ccc(OC)nn1. The van der Waals surface area contributed by atoms with E-state index in [0.29, 0.717) is 5.88 Å². The van der Waals surface area contributed by atoms with E-state index in [4.69, 9.17) is 4.74 Å². The molecular weight excluding hydrogens is 269 g/mol. The minimum Gasteiger partial charge on any atom is -0.480 e. The van der Waals surface area contributed by atoms with Gasteiger partial charge < -0.3 is 10.1 Å². The van der Waals surface area contributed by atoms with Crippen LogP contribution in [0.25, 0.3) is 0 Å². The molecule has 21 heavy (non-hydrogen) atoms. The van der Waals surface area contributed by atoms with E-state index in [1.54, 1.807) is 25.3 Å². The van der Waals surface area contributed by atoms with Gasteiger partial charge in [-0.3, -0.25) is 0 Å². The van der Waals surface area contributed by atoms with Crippen molar-refractivity contribution in [2.24, 2.45) is 0 Å². The lowest BCUT2D eigenvalue weighted by atomic mass is 10.0. The van der Waals surface area contributed by atoms with E-state index in [1.807, 2.05) is 6.07 Å². The van der Waals surface area contributed by atoms with Gasteiger partial charge in [0.25, 0.3) is 0 Å². The Morgan fingerprint density at radius 1 is 1.14 bits per heavy atom. The van der Waals surface area contributed by atoms with Gasteiger partial charge in [-0.1, -0.05) is 19.1 Å². The zero-order chi connectivity index (χ0) is 15.1. The van der Waals surface area contributed by atoms with Gasteiger partial charge in [0.2, 0.25) is 5.88 Å². The topological polar surface area (TPSA) is 47.0 Å². The van der Waals surface area contributed by atoms with Gasteiger partial charge in [-0.2, -0.15) is 5.10 Å². The molecule has 0 saturated carbocycles. The van der Waals surface area contributed by atoms with Crippen LogP contribution in [0.1, 0.15) is 30.6 Å². The molecule has 5 heteroatoms. The molecule has 0 radical (unpaired) electrons. The highest BCUT2D eigenvalue weighted by Gasteiger charge is 2.14. The van der Waals surface area contributed by atoms with E-state index in [2.05, 4.69) is 22.4 Å². The summed E-state index contributed by atoms with van der Waals surface area (Å²) in [5.74, 6) is 0.274. The zero-order valence-electron chi connectivity index (χ0n) is 12.3. The van der Waals surface area contributed by atoms with E-state index in [1.165, 1.54) is 12.1 Å². The van der Waals surface area contributed by atoms with Crippen molar-refractivity contribution in [1.29, 1.82) is 0 Å². The van der Waals surface area contributed by atoms with Crippen LogP contribution in [0, 0.1) is 5.82 Å². The highest BCUT2D eigenvalue weighted by atomic mass is 19.1. The molecule has 112 valence electrons. The fourth-order valence-corrected chi connectivity index (χ4v) is 2.08. The van der Waals surface area contributed by atoms with Crippen LogP contribution in [0.2, 0.25) is 0 Å². The summed E-state index contributed by atoms with van der Waals surface area (Å²) >= 11 is 0. The Morgan fingerprint density at radius 3 is 2.48 bits per heavy atom. The Labute approximate surface area is 124 Å². The summed E-state index contributed by atoms with van der Waals surface area (Å²) in [6.07, 6.45) is 1.77. The monoisotopic (exact) mass is 289 g/mol. The molecule has 1 N–H and O–H groups in total. The number of halogens is 1. The quantitative estimate of drug-likeness (QED) is 0.851. The maximum absolute atomic E-state index is 13.0. The third kappa shape index (κ3) is 4.49. The van der Waals surface area contributed by atoms with Crippen LogP contribution in [0.15, 0.2) is 36.4 Å². The smallest absolute Gasteiger partial charge is 0.233 e. The van der Waals surface area contributed by atoms with Crippen LogP contribution < -0.4 is 10.1 Å². The number of ether oxygens (including phenoxy) is 1. The lowest BCUT2D eigenvalue weighted by Crippen LogP contribution is -2.25. The van der Waals surface area contributed by atoms with Crippen molar-refractivity contribution in [2.75, 3.05) is 13.7 Å². The molecular formula is C16H20FN3O. The lowest BCUT2D eigenvalue weighted by molar-refractivity contribution is 0.389. The molecule has 1 heterocycles. The second kappa shape index (κ2) is 7.69. The molecule has 1 aromatic heterocycles. The average molecular weight is 289 g/mol. The fraction of sp³-hybridized carbons (Fsp3) is 0.375. The van der Waals surface area contributed by atoms with Gasteiger partial charge >= 0.3 is 0 Å². The molecule has 4 nitrogen and oxygen atoms in total. The highest BCUT2D eigenvalue weighted by Crippen LogP contribution is 2.18. The van der Waals surface area contributed by atoms with Crippen molar-refractivity contribution in [3.8, 4) is 5.88 Å². The second-order valence-electron chi connectivity index (χ2n) is 4.84. The highest BCUT2D eigenvalue weighted by molar-refractivity contribution is 5.21. The first-order valence-electron chi connectivity index (χ1n) is 7.08. The molecule has 1 atom stereocenters. The summed E-state index contributed by atoms with van der Waals surface area (Å²) in [7, 11) is 1.56. The maximum Gasteiger partial charge on any atom is 0.233 e. The first-order valence-corrected chi connectivity index (χ1v) is 7.08. The summed E-state index contributed by atoms with van der Waals surface area (Å²) in [4.78, 5) is 0. The Morgan fingerprint density at radius 2 is 1.90 bits per heavy atom. The fourth-order valence-electron chi connectivity index (χ4n) is 2.08. The van der Waals surface area contributed by atoms with Crippen LogP contribution >= 0.6 is 0 Å². The Balaban J connectivity index is 2.14. The number of rotatable bonds is 7. The van der Waals surface area contributed by atoms with Crippen molar-refractivity contribution in [3.63, 3.8) is 0 Å². The number of nitrogens with zero attached hydrogens (tertiary/aromatic N) is 2. The molecule has 1 unspecified atom stereocenters. The van der Waals surface area contributed by atoms with Gasteiger partial charge in [-0.15, -0.1) is 5.10 Å². The molecule has 0 spiro atoms. The number of aromatic nitrogens is 2. The summed E-state index contributed by atoms with van der Waals surface area (Å²) in [6.45, 7) is 3.00. The standard InChI is InChI=1S/C16H20FN3O/c1-3-10-18-15(11-12-4-6-13(17)7-5-12)14-8-9-16(21-2)20-19-14/h4-9,15,18H,3,10-11H2,1-2H3. The third-order valence-corrected chi connectivity index (χ3v) is 3.22. The van der Waals surface area contributed by atoms with Crippen LogP contribution in [0.3, 0.4) is 0 Å². The van der Waals surface area contributed by atoms with E-state index in [0.717, 1.165) is 30.6 Å². The van der Waals surface area contributed by atoms with Crippen LogP contribution in [-0.2, 0) is 6.42 Å². The zero-order valence-corrected chi connectivity index (χ0v) is 12.3. The van der Waals surface area contributed by atoms with Gasteiger partial charge in [0.15, 0.2) is 0 Å². The largest absolute Gasteiger partial charge is 0.480 e. The molecule has 0 bridgehead atoms. The number of methoxy groups -OCH3 is 1. The maximum atomic E-state index is 13.0. The summed E-state index contributed by atoms with van der Waals surface area (Å²) < 4.78 is 18.0. The van der Waals surface area contributed by atoms with Crippen LogP contribution in [0.4, 0.5) is 4.39 Å². The molecule has 0 aliphatic heterocycles. The van der Waals surface area contributed by atoms with Gasteiger partial charge in [0, 0.05) is 6.07 Å². The van der Waals surface area contributed by atoms with E-state index in [-0.39, 0.29) is 11.9 Å². The lowest BCUT2D eigenvalue weighted by Gasteiger charge is -2.18. The third-order valence-electron chi connectivity index (χ3n) is 3.22. The number of benzene rings is 1. The van der Waals surface area contributed by atoms with Crippen LogP contribution in [-0.4, -0.2) is 23.9 Å². The molecule has 0 aliphatic rings. The molecule has 2 aromatic rings. The molecule has 0 fully saturated rings. The Bertz CT molecular complexity index is 542. The normalized spacial score (nSPS) is 12.1. The Hall–Kier alpha value is -2.01. The van der Waals surface area contributed by atoms with Crippen molar-refractivity contribution < 1.29 is 9.13 Å². The van der Waals surface area contributed by atoms with Gasteiger partial charge in [-0.25, -0.2) is 4.39 Å². The predicted molar refractivity (Wildman–Crippen MR) is 79.7 cm³/mol. The van der Waals surface area contributed by atoms with Gasteiger partial charge in [0.05, 0.1) is 18.8 Å². The van der Waals surface area contributed by atoms with Gasteiger partial charge in [-0.05, 0) is 43.1 Å². The van der Waals surface area contributed by atoms with E-state index >= 15 is 0 Å². The molecule has 0 aliphatic carbocycles. The molecule has 1 aromatic carbocycles.